The van der Waals surface area contributed by atoms with E-state index in [1.807, 2.05) is 0 Å². The molecular weight excluding hydrogens is 322 g/mol. The van der Waals surface area contributed by atoms with Gasteiger partial charge in [-0.1, -0.05) is 0 Å². The van der Waals surface area contributed by atoms with Crippen molar-refractivity contribution >= 4 is 0 Å². The van der Waals surface area contributed by atoms with Gasteiger partial charge in [-0.3, -0.25) is 0 Å². The van der Waals surface area contributed by atoms with E-state index in [1.54, 1.807) is 0 Å². The zero-order chi connectivity index (χ0) is 17.9. The SMILES string of the molecule is COCC1O[C@H](OCCN)CC(O)[C@@H]1O.OCC1CCC(O)CO1. The normalized spacial score (nSPS) is 36.8. The Morgan fingerprint density at radius 3 is 2.50 bits per heavy atom. The van der Waals surface area contributed by atoms with E-state index in [0.717, 1.165) is 12.8 Å². The van der Waals surface area contributed by atoms with Crippen molar-refractivity contribution in [3.8, 4) is 0 Å². The summed E-state index contributed by atoms with van der Waals surface area (Å²) in [5.74, 6) is 0. The van der Waals surface area contributed by atoms with Gasteiger partial charge in [0.05, 0.1) is 44.7 Å². The molecule has 9 nitrogen and oxygen atoms in total. The lowest BCUT2D eigenvalue weighted by atomic mass is 10.0. The van der Waals surface area contributed by atoms with Crippen LogP contribution in [-0.2, 0) is 18.9 Å². The molecule has 2 rings (SSSR count). The first-order valence-corrected chi connectivity index (χ1v) is 8.24. The van der Waals surface area contributed by atoms with Gasteiger partial charge in [-0.05, 0) is 12.8 Å². The minimum absolute atomic E-state index is 0.0339. The number of aliphatic hydroxyl groups is 4. The Morgan fingerprint density at radius 1 is 1.21 bits per heavy atom. The molecule has 0 aromatic carbocycles. The summed E-state index contributed by atoms with van der Waals surface area (Å²) in [5.41, 5.74) is 5.28. The average molecular weight is 353 g/mol. The fraction of sp³-hybridized carbons (Fsp3) is 1.00. The number of ether oxygens (including phenoxy) is 4. The van der Waals surface area contributed by atoms with E-state index in [9.17, 15) is 10.2 Å². The molecule has 2 aliphatic rings. The maximum atomic E-state index is 9.58. The molecule has 0 saturated carbocycles. The lowest BCUT2D eigenvalue weighted by Gasteiger charge is -2.36. The Labute approximate surface area is 142 Å². The van der Waals surface area contributed by atoms with E-state index in [1.165, 1.54) is 7.11 Å². The van der Waals surface area contributed by atoms with E-state index in [-0.39, 0.29) is 31.8 Å². The third-order valence-electron chi connectivity index (χ3n) is 3.84. The quantitative estimate of drug-likeness (QED) is 0.365. The van der Waals surface area contributed by atoms with Crippen LogP contribution < -0.4 is 5.73 Å². The van der Waals surface area contributed by atoms with Gasteiger partial charge in [0.25, 0.3) is 0 Å². The molecule has 0 aliphatic carbocycles. The maximum Gasteiger partial charge on any atom is 0.160 e. The van der Waals surface area contributed by atoms with E-state index in [2.05, 4.69) is 0 Å². The number of rotatable bonds is 6. The molecule has 6 N–H and O–H groups in total. The first kappa shape index (κ1) is 21.7. The highest BCUT2D eigenvalue weighted by molar-refractivity contribution is 4.82. The predicted octanol–water partition coefficient (Wildman–Crippen LogP) is -2.04. The molecule has 2 saturated heterocycles. The average Bonchev–Trinajstić information content (AvgIpc) is 2.58. The Balaban J connectivity index is 0.000000272. The van der Waals surface area contributed by atoms with Crippen LogP contribution in [0, 0.1) is 0 Å². The Hall–Kier alpha value is -0.360. The summed E-state index contributed by atoms with van der Waals surface area (Å²) in [5, 5.41) is 36.6. The van der Waals surface area contributed by atoms with Crippen LogP contribution in [0.15, 0.2) is 0 Å². The van der Waals surface area contributed by atoms with Crippen molar-refractivity contribution in [1.82, 2.24) is 0 Å². The lowest BCUT2D eigenvalue weighted by Crippen LogP contribution is -2.50. The van der Waals surface area contributed by atoms with Crippen LogP contribution in [0.1, 0.15) is 19.3 Å². The summed E-state index contributed by atoms with van der Waals surface area (Å²) in [7, 11) is 1.51. The van der Waals surface area contributed by atoms with Gasteiger partial charge in [0.15, 0.2) is 6.29 Å². The monoisotopic (exact) mass is 353 g/mol. The molecule has 0 aromatic heterocycles. The smallest absolute Gasteiger partial charge is 0.160 e. The van der Waals surface area contributed by atoms with Crippen LogP contribution in [0.4, 0.5) is 0 Å². The zero-order valence-electron chi connectivity index (χ0n) is 14.1. The summed E-state index contributed by atoms with van der Waals surface area (Å²) in [6.45, 7) is 1.44. The van der Waals surface area contributed by atoms with Crippen LogP contribution in [-0.4, -0.2) is 97.3 Å². The summed E-state index contributed by atoms with van der Waals surface area (Å²) < 4.78 is 20.6. The second-order valence-corrected chi connectivity index (χ2v) is 5.88. The van der Waals surface area contributed by atoms with Gasteiger partial charge in [-0.2, -0.15) is 0 Å². The highest BCUT2D eigenvalue weighted by atomic mass is 16.7. The molecule has 0 spiro atoms. The molecular formula is C15H31NO8. The number of aliphatic hydroxyl groups excluding tert-OH is 4. The summed E-state index contributed by atoms with van der Waals surface area (Å²) in [6, 6.07) is 0. The Kier molecular flexibility index (Phi) is 10.9. The van der Waals surface area contributed by atoms with Gasteiger partial charge in [0.1, 0.15) is 12.2 Å². The van der Waals surface area contributed by atoms with Crippen LogP contribution in [0.25, 0.3) is 0 Å². The fourth-order valence-corrected chi connectivity index (χ4v) is 2.46. The second kappa shape index (κ2) is 12.1. The van der Waals surface area contributed by atoms with Crippen molar-refractivity contribution in [2.75, 3.05) is 40.1 Å². The Morgan fingerprint density at radius 2 is 1.96 bits per heavy atom. The molecule has 0 radical (unpaired) electrons. The number of hydrogen-bond acceptors (Lipinski definition) is 9. The van der Waals surface area contributed by atoms with Crippen molar-refractivity contribution < 1.29 is 39.4 Å². The number of methoxy groups -OCH3 is 1. The van der Waals surface area contributed by atoms with Crippen molar-refractivity contribution in [2.24, 2.45) is 5.73 Å². The molecule has 9 heteroatoms. The van der Waals surface area contributed by atoms with Gasteiger partial charge in [-0.25, -0.2) is 0 Å². The van der Waals surface area contributed by atoms with E-state index < -0.39 is 24.6 Å². The van der Waals surface area contributed by atoms with Gasteiger partial charge in [0, 0.05) is 20.1 Å². The highest BCUT2D eigenvalue weighted by Crippen LogP contribution is 2.21. The molecule has 144 valence electrons. The summed E-state index contributed by atoms with van der Waals surface area (Å²) >= 11 is 0. The van der Waals surface area contributed by atoms with Crippen molar-refractivity contribution in [3.63, 3.8) is 0 Å². The summed E-state index contributed by atoms with van der Waals surface area (Å²) in [6.07, 6.45) is -1.41. The molecule has 24 heavy (non-hydrogen) atoms. The molecule has 6 atom stereocenters. The molecule has 0 aromatic rings. The van der Waals surface area contributed by atoms with Crippen LogP contribution >= 0.6 is 0 Å². The number of nitrogens with two attached hydrogens (primary N) is 1. The first-order chi connectivity index (χ1) is 11.5. The van der Waals surface area contributed by atoms with E-state index in [0.29, 0.717) is 19.8 Å². The number of hydrogen-bond donors (Lipinski definition) is 5. The van der Waals surface area contributed by atoms with Crippen LogP contribution in [0.3, 0.4) is 0 Å². The van der Waals surface area contributed by atoms with Crippen molar-refractivity contribution in [2.45, 2.75) is 56.1 Å². The topological polar surface area (TPSA) is 144 Å². The molecule has 4 unspecified atom stereocenters. The summed E-state index contributed by atoms with van der Waals surface area (Å²) in [4.78, 5) is 0. The Bertz CT molecular complexity index is 314. The van der Waals surface area contributed by atoms with Crippen LogP contribution in [0.5, 0.6) is 0 Å². The third kappa shape index (κ3) is 7.68. The van der Waals surface area contributed by atoms with E-state index >= 15 is 0 Å². The molecule has 2 fully saturated rings. The molecule has 2 aliphatic heterocycles. The predicted molar refractivity (Wildman–Crippen MR) is 84.2 cm³/mol. The minimum Gasteiger partial charge on any atom is -0.394 e. The molecule has 0 bridgehead atoms. The zero-order valence-corrected chi connectivity index (χ0v) is 14.1. The van der Waals surface area contributed by atoms with Gasteiger partial charge >= 0.3 is 0 Å². The highest BCUT2D eigenvalue weighted by Gasteiger charge is 2.36. The second-order valence-electron chi connectivity index (χ2n) is 5.88. The van der Waals surface area contributed by atoms with Gasteiger partial charge in [-0.15, -0.1) is 0 Å². The fourth-order valence-electron chi connectivity index (χ4n) is 2.46. The van der Waals surface area contributed by atoms with E-state index in [4.69, 9.17) is 34.9 Å². The lowest BCUT2D eigenvalue weighted by molar-refractivity contribution is -0.257. The first-order valence-electron chi connectivity index (χ1n) is 8.24. The maximum absolute atomic E-state index is 9.58. The van der Waals surface area contributed by atoms with Crippen molar-refractivity contribution in [1.29, 1.82) is 0 Å². The molecule has 2 heterocycles. The van der Waals surface area contributed by atoms with Crippen molar-refractivity contribution in [3.05, 3.63) is 0 Å². The van der Waals surface area contributed by atoms with Gasteiger partial charge < -0.3 is 45.1 Å². The van der Waals surface area contributed by atoms with Crippen LogP contribution in [0.2, 0.25) is 0 Å². The standard InChI is InChI=1S/C9H19NO5.C6H12O3/c1-13-5-7-9(12)6(11)4-8(15-7)14-3-2-10;7-3-6-2-1-5(8)4-9-6/h6-9,11-12H,2-5,10H2,1H3;5-8H,1-4H2/t6?,7?,8-,9-;/m0./s1. The molecule has 0 amide bonds. The largest absolute Gasteiger partial charge is 0.394 e. The van der Waals surface area contributed by atoms with Gasteiger partial charge in [0.2, 0.25) is 0 Å². The minimum atomic E-state index is -0.928. The third-order valence-corrected chi connectivity index (χ3v) is 3.84.